The number of rotatable bonds is 9. The fraction of sp³-hybridized carbons (Fsp3) is 0.467. The largest absolute Gasteiger partial charge is 0.324 e. The number of hydrogen-bond acceptors (Lipinski definition) is 6. The first kappa shape index (κ1) is 19.0. The molecule has 0 saturated heterocycles. The number of aryl methyl sites for hydroxylation is 1. The highest BCUT2D eigenvalue weighted by molar-refractivity contribution is 7.90. The zero-order valence-electron chi connectivity index (χ0n) is 13.9. The molecule has 8 nitrogen and oxygen atoms in total. The van der Waals surface area contributed by atoms with E-state index in [1.165, 1.54) is 22.9 Å². The van der Waals surface area contributed by atoms with Crippen LogP contribution in [0.5, 0.6) is 0 Å². The molecule has 0 saturated carbocycles. The van der Waals surface area contributed by atoms with Gasteiger partial charge in [-0.05, 0) is 29.0 Å². The maximum atomic E-state index is 13.5. The number of halogens is 1. The topological polar surface area (TPSA) is 107 Å². The SMILES string of the molecule is CCCCn1nnnc1CS(=O)(=O)CCC(=O)Nc1ccccc1F. The van der Waals surface area contributed by atoms with Gasteiger partial charge in [0.25, 0.3) is 0 Å². The molecule has 2 aromatic rings. The molecule has 136 valence electrons. The first-order valence-electron chi connectivity index (χ1n) is 7.91. The predicted octanol–water partition coefficient (Wildman–Crippen LogP) is 1.56. The molecule has 0 aliphatic rings. The maximum Gasteiger partial charge on any atom is 0.225 e. The third-order valence-electron chi connectivity index (χ3n) is 3.47. The number of tetrazole rings is 1. The van der Waals surface area contributed by atoms with Gasteiger partial charge >= 0.3 is 0 Å². The second-order valence-electron chi connectivity index (χ2n) is 5.54. The van der Waals surface area contributed by atoms with E-state index in [0.29, 0.717) is 6.54 Å². The quantitative estimate of drug-likeness (QED) is 0.719. The van der Waals surface area contributed by atoms with E-state index < -0.39 is 21.6 Å². The van der Waals surface area contributed by atoms with Crippen molar-refractivity contribution in [1.82, 2.24) is 20.2 Å². The number of hydrogen-bond donors (Lipinski definition) is 1. The number of amides is 1. The van der Waals surface area contributed by atoms with Crippen molar-refractivity contribution in [3.05, 3.63) is 35.9 Å². The Kier molecular flexibility index (Phi) is 6.57. The number of carbonyl (C=O) groups is 1. The predicted molar refractivity (Wildman–Crippen MR) is 89.9 cm³/mol. The van der Waals surface area contributed by atoms with E-state index in [0.717, 1.165) is 12.8 Å². The van der Waals surface area contributed by atoms with Crippen LogP contribution in [0.15, 0.2) is 24.3 Å². The highest BCUT2D eigenvalue weighted by atomic mass is 32.2. The van der Waals surface area contributed by atoms with Crippen LogP contribution in [0.3, 0.4) is 0 Å². The lowest BCUT2D eigenvalue weighted by Gasteiger charge is -2.07. The minimum Gasteiger partial charge on any atom is -0.324 e. The van der Waals surface area contributed by atoms with Crippen molar-refractivity contribution < 1.29 is 17.6 Å². The second-order valence-corrected chi connectivity index (χ2v) is 7.73. The minimum atomic E-state index is -3.57. The van der Waals surface area contributed by atoms with Gasteiger partial charge in [0.1, 0.15) is 11.6 Å². The third kappa shape index (κ3) is 5.89. The highest BCUT2D eigenvalue weighted by Gasteiger charge is 2.19. The Labute approximate surface area is 145 Å². The summed E-state index contributed by atoms with van der Waals surface area (Å²) in [5.41, 5.74) is 0.0217. The fourth-order valence-electron chi connectivity index (χ4n) is 2.10. The zero-order valence-corrected chi connectivity index (χ0v) is 14.7. The summed E-state index contributed by atoms with van der Waals surface area (Å²) in [4.78, 5) is 11.8. The Morgan fingerprint density at radius 1 is 1.32 bits per heavy atom. The summed E-state index contributed by atoms with van der Waals surface area (Å²) >= 11 is 0. The molecular weight excluding hydrogens is 349 g/mol. The third-order valence-corrected chi connectivity index (χ3v) is 4.99. The van der Waals surface area contributed by atoms with Crippen molar-refractivity contribution in [3.8, 4) is 0 Å². The van der Waals surface area contributed by atoms with Crippen LogP contribution >= 0.6 is 0 Å². The van der Waals surface area contributed by atoms with Gasteiger partial charge in [-0.2, -0.15) is 0 Å². The molecule has 10 heteroatoms. The van der Waals surface area contributed by atoms with E-state index in [9.17, 15) is 17.6 Å². The van der Waals surface area contributed by atoms with Crippen molar-refractivity contribution in [1.29, 1.82) is 0 Å². The molecule has 0 unspecified atom stereocenters. The van der Waals surface area contributed by atoms with Crippen LogP contribution in [0.1, 0.15) is 32.0 Å². The van der Waals surface area contributed by atoms with Crippen LogP contribution in [-0.2, 0) is 26.9 Å². The number of para-hydroxylation sites is 1. The number of nitrogens with one attached hydrogen (secondary N) is 1. The van der Waals surface area contributed by atoms with Crippen LogP contribution in [-0.4, -0.2) is 40.3 Å². The van der Waals surface area contributed by atoms with E-state index in [1.807, 2.05) is 6.92 Å². The van der Waals surface area contributed by atoms with Gasteiger partial charge in [-0.1, -0.05) is 25.5 Å². The molecular formula is C15H20FN5O3S. The van der Waals surface area contributed by atoms with E-state index in [4.69, 9.17) is 0 Å². The summed E-state index contributed by atoms with van der Waals surface area (Å²) in [6, 6.07) is 5.69. The molecule has 0 spiro atoms. The van der Waals surface area contributed by atoms with Gasteiger partial charge in [-0.3, -0.25) is 4.79 Å². The summed E-state index contributed by atoms with van der Waals surface area (Å²) in [6.07, 6.45) is 1.50. The summed E-state index contributed by atoms with van der Waals surface area (Å²) in [5.74, 6) is -1.60. The Hall–Kier alpha value is -2.36. The summed E-state index contributed by atoms with van der Waals surface area (Å²) in [5, 5.41) is 13.4. The monoisotopic (exact) mass is 369 g/mol. The molecule has 1 N–H and O–H groups in total. The first-order chi connectivity index (χ1) is 11.9. The van der Waals surface area contributed by atoms with Crippen LogP contribution in [0.2, 0.25) is 0 Å². The van der Waals surface area contributed by atoms with Crippen molar-refractivity contribution in [2.75, 3.05) is 11.1 Å². The average Bonchev–Trinajstić information content (AvgIpc) is 2.99. The van der Waals surface area contributed by atoms with Crippen molar-refractivity contribution in [2.45, 2.75) is 38.5 Å². The number of carbonyl (C=O) groups excluding carboxylic acids is 1. The summed E-state index contributed by atoms with van der Waals surface area (Å²) < 4.78 is 39.3. The zero-order chi connectivity index (χ0) is 18.3. The van der Waals surface area contributed by atoms with Crippen LogP contribution < -0.4 is 5.32 Å². The molecule has 0 aliphatic heterocycles. The number of unbranched alkanes of at least 4 members (excludes halogenated alkanes) is 1. The molecule has 0 bridgehead atoms. The van der Waals surface area contributed by atoms with Crippen molar-refractivity contribution >= 4 is 21.4 Å². The summed E-state index contributed by atoms with van der Waals surface area (Å²) in [6.45, 7) is 2.55. The number of aromatic nitrogens is 4. The number of sulfone groups is 1. The van der Waals surface area contributed by atoms with Gasteiger partial charge in [0.15, 0.2) is 15.7 Å². The molecule has 1 aromatic carbocycles. The standard InChI is InChI=1S/C15H20FN5O3S/c1-2-3-9-21-14(18-19-20-21)11-25(23,24)10-8-15(22)17-13-7-5-4-6-12(13)16/h4-7H,2-3,8-11H2,1H3,(H,17,22). The molecule has 1 amide bonds. The summed E-state index contributed by atoms with van der Waals surface area (Å²) in [7, 11) is -3.57. The maximum absolute atomic E-state index is 13.5. The van der Waals surface area contributed by atoms with Gasteiger partial charge in [0.2, 0.25) is 5.91 Å². The smallest absolute Gasteiger partial charge is 0.225 e. The number of benzene rings is 1. The molecule has 0 radical (unpaired) electrons. The number of nitrogens with zero attached hydrogens (tertiary/aromatic N) is 4. The lowest BCUT2D eigenvalue weighted by molar-refractivity contribution is -0.115. The Balaban J connectivity index is 1.90. The fourth-order valence-corrected chi connectivity index (χ4v) is 3.34. The molecule has 1 heterocycles. The van der Waals surface area contributed by atoms with Crippen molar-refractivity contribution in [3.63, 3.8) is 0 Å². The van der Waals surface area contributed by atoms with Crippen LogP contribution in [0, 0.1) is 5.82 Å². The average molecular weight is 369 g/mol. The first-order valence-corrected chi connectivity index (χ1v) is 9.73. The molecule has 2 rings (SSSR count). The van der Waals surface area contributed by atoms with Gasteiger partial charge in [-0.15, -0.1) is 5.10 Å². The molecule has 0 aliphatic carbocycles. The second kappa shape index (κ2) is 8.65. The Morgan fingerprint density at radius 3 is 2.80 bits per heavy atom. The van der Waals surface area contributed by atoms with E-state index in [1.54, 1.807) is 6.07 Å². The lowest BCUT2D eigenvalue weighted by atomic mass is 10.3. The Bertz CT molecular complexity index is 822. The van der Waals surface area contributed by atoms with Crippen molar-refractivity contribution in [2.24, 2.45) is 0 Å². The van der Waals surface area contributed by atoms with E-state index in [2.05, 4.69) is 20.8 Å². The lowest BCUT2D eigenvalue weighted by Crippen LogP contribution is -2.20. The Morgan fingerprint density at radius 2 is 2.08 bits per heavy atom. The minimum absolute atomic E-state index is 0.0217. The van der Waals surface area contributed by atoms with E-state index in [-0.39, 0.29) is 29.4 Å². The molecule has 0 atom stereocenters. The van der Waals surface area contributed by atoms with Gasteiger partial charge in [0, 0.05) is 13.0 Å². The molecule has 0 fully saturated rings. The van der Waals surface area contributed by atoms with Gasteiger partial charge < -0.3 is 5.32 Å². The highest BCUT2D eigenvalue weighted by Crippen LogP contribution is 2.13. The van der Waals surface area contributed by atoms with Crippen LogP contribution in [0.4, 0.5) is 10.1 Å². The van der Waals surface area contributed by atoms with Crippen LogP contribution in [0.25, 0.3) is 0 Å². The normalized spacial score (nSPS) is 11.4. The van der Waals surface area contributed by atoms with E-state index >= 15 is 0 Å². The number of anilines is 1. The molecule has 1 aromatic heterocycles. The molecule has 25 heavy (non-hydrogen) atoms. The van der Waals surface area contributed by atoms with Gasteiger partial charge in [0.05, 0.1) is 11.4 Å². The van der Waals surface area contributed by atoms with Gasteiger partial charge in [-0.25, -0.2) is 17.5 Å².